The van der Waals surface area contributed by atoms with Gasteiger partial charge in [0.05, 0.1) is 0 Å². The van der Waals surface area contributed by atoms with E-state index in [1.54, 1.807) is 12.8 Å². The topological polar surface area (TPSA) is 0 Å². The van der Waals surface area contributed by atoms with Crippen LogP contribution in [0.25, 0.3) is 0 Å². The summed E-state index contributed by atoms with van der Waals surface area (Å²) in [5.41, 5.74) is 0.356. The van der Waals surface area contributed by atoms with E-state index in [1.807, 2.05) is 6.08 Å². The highest BCUT2D eigenvalue weighted by atomic mass is 14.6. The van der Waals surface area contributed by atoms with Gasteiger partial charge in [0.2, 0.25) is 0 Å². The van der Waals surface area contributed by atoms with E-state index in [-0.39, 0.29) is 0 Å². The Morgan fingerprint density at radius 1 is 1.05 bits per heavy atom. The van der Waals surface area contributed by atoms with Crippen LogP contribution in [0.2, 0.25) is 0 Å². The first-order valence-electron chi connectivity index (χ1n) is 9.82. The molecule has 0 nitrogen and oxygen atoms in total. The van der Waals surface area contributed by atoms with Crippen LogP contribution in [0.15, 0.2) is 24.8 Å². The Hall–Kier alpha value is -0.520. The average molecular weight is 301 g/mol. The molecule has 124 valence electrons. The molecule has 3 fully saturated rings. The third-order valence-corrected chi connectivity index (χ3v) is 7.38. The largest absolute Gasteiger partial charge is 0.103 e. The lowest BCUT2D eigenvalue weighted by molar-refractivity contribution is 0.147. The maximum atomic E-state index is 3.75. The SMILES string of the molecule is C=CC(C)(C)CCC.CCC1CC2CC1C1C3C=CC(C3)C21. The summed E-state index contributed by atoms with van der Waals surface area (Å²) in [6.07, 6.45) is 15.8. The van der Waals surface area contributed by atoms with Crippen LogP contribution < -0.4 is 0 Å². The zero-order valence-corrected chi connectivity index (χ0v) is 15.2. The van der Waals surface area contributed by atoms with E-state index < -0.39 is 0 Å². The molecule has 0 saturated heterocycles. The summed E-state index contributed by atoms with van der Waals surface area (Å²) in [5.74, 6) is 7.66. The first-order valence-corrected chi connectivity index (χ1v) is 9.82. The van der Waals surface area contributed by atoms with Gasteiger partial charge >= 0.3 is 0 Å². The molecule has 0 spiro atoms. The van der Waals surface area contributed by atoms with Crippen molar-refractivity contribution in [3.8, 4) is 0 Å². The minimum Gasteiger partial charge on any atom is -0.103 e. The quantitative estimate of drug-likeness (QED) is 0.411. The molecule has 0 N–H and O–H groups in total. The van der Waals surface area contributed by atoms with E-state index in [2.05, 4.69) is 46.4 Å². The van der Waals surface area contributed by atoms with Gasteiger partial charge in [-0.1, -0.05) is 58.8 Å². The molecule has 7 unspecified atom stereocenters. The van der Waals surface area contributed by atoms with Crippen LogP contribution in [-0.2, 0) is 0 Å². The van der Waals surface area contributed by atoms with Gasteiger partial charge in [-0.25, -0.2) is 0 Å². The highest BCUT2D eigenvalue weighted by Crippen LogP contribution is 2.67. The average Bonchev–Trinajstić information content (AvgIpc) is 3.25. The van der Waals surface area contributed by atoms with Crippen molar-refractivity contribution in [2.75, 3.05) is 0 Å². The van der Waals surface area contributed by atoms with Crippen LogP contribution in [-0.4, -0.2) is 0 Å². The van der Waals surface area contributed by atoms with Crippen molar-refractivity contribution < 1.29 is 0 Å². The highest BCUT2D eigenvalue weighted by Gasteiger charge is 2.60. The fourth-order valence-electron chi connectivity index (χ4n) is 6.37. The normalized spacial score (nSPS) is 43.9. The second-order valence-corrected chi connectivity index (χ2v) is 9.11. The van der Waals surface area contributed by atoms with Crippen LogP contribution in [0.3, 0.4) is 0 Å². The molecule has 0 aromatic rings. The van der Waals surface area contributed by atoms with Gasteiger partial charge in [0.1, 0.15) is 0 Å². The van der Waals surface area contributed by atoms with Gasteiger partial charge in [-0.2, -0.15) is 0 Å². The van der Waals surface area contributed by atoms with E-state index in [9.17, 15) is 0 Å². The molecule has 0 amide bonds. The number of allylic oxidation sites excluding steroid dienone is 3. The zero-order valence-electron chi connectivity index (χ0n) is 15.2. The van der Waals surface area contributed by atoms with Crippen molar-refractivity contribution in [3.63, 3.8) is 0 Å². The van der Waals surface area contributed by atoms with Crippen molar-refractivity contribution in [3.05, 3.63) is 24.8 Å². The standard InChI is InChI=1S/C14H20.C8H16/c1-2-8-5-11-7-12(8)14-10-4-3-9(6-10)13(11)14;1-5-7-8(3,4)6-2/h3-4,8-14H,2,5-7H2,1H3;6H,2,5,7H2,1,3-4H3. The van der Waals surface area contributed by atoms with Crippen molar-refractivity contribution in [1.82, 2.24) is 0 Å². The van der Waals surface area contributed by atoms with Crippen LogP contribution in [0.1, 0.15) is 66.2 Å². The Morgan fingerprint density at radius 3 is 2.27 bits per heavy atom. The lowest BCUT2D eigenvalue weighted by Crippen LogP contribution is -2.30. The molecule has 0 heterocycles. The Labute approximate surface area is 138 Å². The molecule has 22 heavy (non-hydrogen) atoms. The molecule has 0 radical (unpaired) electrons. The molecule has 4 aliphatic carbocycles. The van der Waals surface area contributed by atoms with Gasteiger partial charge in [-0.15, -0.1) is 6.58 Å². The molecule has 4 bridgehead atoms. The maximum Gasteiger partial charge on any atom is -0.0178 e. The number of fused-ring (bicyclic) bond motifs is 9. The van der Waals surface area contributed by atoms with E-state index in [0.717, 1.165) is 41.4 Å². The van der Waals surface area contributed by atoms with Gasteiger partial charge < -0.3 is 0 Å². The Balaban J connectivity index is 0.000000157. The Morgan fingerprint density at radius 2 is 1.73 bits per heavy atom. The van der Waals surface area contributed by atoms with E-state index >= 15 is 0 Å². The zero-order chi connectivity index (χ0) is 15.9. The first kappa shape index (κ1) is 16.3. The Kier molecular flexibility index (Phi) is 4.59. The Bertz CT molecular complexity index is 429. The molecule has 7 atom stereocenters. The minimum atomic E-state index is 0.356. The van der Waals surface area contributed by atoms with Crippen molar-refractivity contribution in [1.29, 1.82) is 0 Å². The summed E-state index contributed by atoms with van der Waals surface area (Å²) in [4.78, 5) is 0. The first-order chi connectivity index (χ1) is 10.5. The van der Waals surface area contributed by atoms with Gasteiger partial charge in [-0.3, -0.25) is 0 Å². The smallest absolute Gasteiger partial charge is 0.0178 e. The van der Waals surface area contributed by atoms with Gasteiger partial charge in [0.25, 0.3) is 0 Å². The summed E-state index contributed by atoms with van der Waals surface area (Å²) in [7, 11) is 0. The molecule has 3 saturated carbocycles. The fraction of sp³-hybridized carbons (Fsp3) is 0.818. The fourth-order valence-corrected chi connectivity index (χ4v) is 6.37. The van der Waals surface area contributed by atoms with Crippen LogP contribution >= 0.6 is 0 Å². The number of hydrogen-bond acceptors (Lipinski definition) is 0. The summed E-state index contributed by atoms with van der Waals surface area (Å²) in [6, 6.07) is 0. The molecule has 0 aliphatic heterocycles. The second kappa shape index (κ2) is 6.17. The lowest BCUT2D eigenvalue weighted by Gasteiger charge is -2.36. The van der Waals surface area contributed by atoms with Crippen LogP contribution in [0, 0.1) is 46.8 Å². The van der Waals surface area contributed by atoms with E-state index in [1.165, 1.54) is 25.7 Å². The molecule has 0 aromatic heterocycles. The summed E-state index contributed by atoms with van der Waals surface area (Å²) in [6.45, 7) is 12.8. The van der Waals surface area contributed by atoms with Crippen LogP contribution in [0.4, 0.5) is 0 Å². The van der Waals surface area contributed by atoms with E-state index in [0.29, 0.717) is 5.41 Å². The van der Waals surface area contributed by atoms with Crippen LogP contribution in [0.5, 0.6) is 0 Å². The third-order valence-electron chi connectivity index (χ3n) is 7.38. The highest BCUT2D eigenvalue weighted by molar-refractivity contribution is 5.20. The van der Waals surface area contributed by atoms with Crippen molar-refractivity contribution in [2.45, 2.75) is 66.2 Å². The number of hydrogen-bond donors (Lipinski definition) is 0. The predicted octanol–water partition coefficient (Wildman–Crippen LogP) is 6.49. The molecule has 0 heteroatoms. The summed E-state index contributed by atoms with van der Waals surface area (Å²) < 4.78 is 0. The predicted molar refractivity (Wildman–Crippen MR) is 96.6 cm³/mol. The van der Waals surface area contributed by atoms with Crippen molar-refractivity contribution in [2.24, 2.45) is 46.8 Å². The molecule has 4 rings (SSSR count). The van der Waals surface area contributed by atoms with Gasteiger partial charge in [0, 0.05) is 0 Å². The summed E-state index contributed by atoms with van der Waals surface area (Å²) >= 11 is 0. The monoisotopic (exact) mass is 300 g/mol. The number of rotatable bonds is 4. The molecule has 0 aromatic carbocycles. The second-order valence-electron chi connectivity index (χ2n) is 9.11. The van der Waals surface area contributed by atoms with E-state index in [4.69, 9.17) is 0 Å². The van der Waals surface area contributed by atoms with Crippen molar-refractivity contribution >= 4 is 0 Å². The summed E-state index contributed by atoms with van der Waals surface area (Å²) in [5, 5.41) is 0. The molecule has 4 aliphatic rings. The lowest BCUT2D eigenvalue weighted by atomic mass is 9.69. The molecular weight excluding hydrogens is 264 g/mol. The molecular formula is C22H36. The van der Waals surface area contributed by atoms with Gasteiger partial charge in [0.15, 0.2) is 0 Å². The third kappa shape index (κ3) is 2.72. The minimum absolute atomic E-state index is 0.356. The maximum absolute atomic E-state index is 3.75. The van der Waals surface area contributed by atoms with Gasteiger partial charge in [-0.05, 0) is 72.5 Å².